The molecule has 0 spiro atoms. The van der Waals surface area contributed by atoms with E-state index in [1.54, 1.807) is 30.3 Å². The van der Waals surface area contributed by atoms with Gasteiger partial charge in [0.15, 0.2) is 0 Å². The summed E-state index contributed by atoms with van der Waals surface area (Å²) in [5.74, 6) is 0.724. The second kappa shape index (κ2) is 8.10. The third-order valence-electron chi connectivity index (χ3n) is 4.83. The molecule has 3 heterocycles. The molecular formula is C24H21N3O2. The molecule has 0 bridgehead atoms. The molecule has 4 rings (SSSR count). The summed E-state index contributed by atoms with van der Waals surface area (Å²) < 4.78 is 7.33. The van der Waals surface area contributed by atoms with Gasteiger partial charge in [0.2, 0.25) is 0 Å². The first-order valence-electron chi connectivity index (χ1n) is 9.40. The number of aromatic nitrogens is 3. The highest BCUT2D eigenvalue weighted by molar-refractivity contribution is 5.88. The number of ether oxygens (including phenoxy) is 1. The van der Waals surface area contributed by atoms with Crippen LogP contribution in [0, 0.1) is 0 Å². The minimum absolute atomic E-state index is 0.0739. The van der Waals surface area contributed by atoms with E-state index in [1.807, 2.05) is 67.6 Å². The maximum atomic E-state index is 13.5. The van der Waals surface area contributed by atoms with Gasteiger partial charge in [0, 0.05) is 35.8 Å². The summed E-state index contributed by atoms with van der Waals surface area (Å²) in [5.41, 5.74) is 3.99. The molecule has 29 heavy (non-hydrogen) atoms. The molecule has 4 aromatic rings. The summed E-state index contributed by atoms with van der Waals surface area (Å²) in [6, 6.07) is 15.3. The Labute approximate surface area is 169 Å². The van der Waals surface area contributed by atoms with Crippen LogP contribution in [0.4, 0.5) is 0 Å². The van der Waals surface area contributed by atoms with Crippen LogP contribution in [0.25, 0.3) is 28.1 Å². The van der Waals surface area contributed by atoms with Crippen molar-refractivity contribution in [2.45, 2.75) is 13.5 Å². The van der Waals surface area contributed by atoms with Gasteiger partial charge in [-0.15, -0.1) is 0 Å². The number of hydrogen-bond donors (Lipinski definition) is 0. The lowest BCUT2D eigenvalue weighted by Gasteiger charge is -2.15. The number of hydrogen-bond acceptors (Lipinski definition) is 4. The summed E-state index contributed by atoms with van der Waals surface area (Å²) in [7, 11) is 1.64. The van der Waals surface area contributed by atoms with Crippen LogP contribution < -0.4 is 10.3 Å². The van der Waals surface area contributed by atoms with Gasteiger partial charge in [-0.25, -0.2) is 0 Å². The van der Waals surface area contributed by atoms with E-state index in [1.165, 1.54) is 0 Å². The lowest BCUT2D eigenvalue weighted by atomic mass is 10.0. The largest absolute Gasteiger partial charge is 0.496 e. The molecule has 0 aliphatic carbocycles. The lowest BCUT2D eigenvalue weighted by Crippen LogP contribution is -2.23. The van der Waals surface area contributed by atoms with Crippen molar-refractivity contribution in [3.8, 4) is 16.9 Å². The topological polar surface area (TPSA) is 57.0 Å². The highest BCUT2D eigenvalue weighted by Crippen LogP contribution is 2.29. The Morgan fingerprint density at radius 2 is 1.90 bits per heavy atom. The molecule has 0 amide bonds. The van der Waals surface area contributed by atoms with E-state index >= 15 is 0 Å². The molecule has 0 atom stereocenters. The van der Waals surface area contributed by atoms with Crippen LogP contribution in [0.3, 0.4) is 0 Å². The second-order valence-corrected chi connectivity index (χ2v) is 6.66. The van der Waals surface area contributed by atoms with E-state index in [-0.39, 0.29) is 5.56 Å². The van der Waals surface area contributed by atoms with Gasteiger partial charge in [0.05, 0.1) is 24.9 Å². The maximum absolute atomic E-state index is 13.5. The molecule has 1 aromatic carbocycles. The molecule has 0 saturated carbocycles. The zero-order chi connectivity index (χ0) is 20.2. The highest BCUT2D eigenvalue weighted by Gasteiger charge is 2.14. The van der Waals surface area contributed by atoms with Crippen molar-refractivity contribution in [1.29, 1.82) is 0 Å². The van der Waals surface area contributed by atoms with E-state index in [0.29, 0.717) is 12.1 Å². The summed E-state index contributed by atoms with van der Waals surface area (Å²) in [6.45, 7) is 2.34. The van der Waals surface area contributed by atoms with Crippen LogP contribution in [0.15, 0.2) is 78.0 Å². The van der Waals surface area contributed by atoms with Crippen LogP contribution in [0.5, 0.6) is 5.75 Å². The summed E-state index contributed by atoms with van der Waals surface area (Å²) in [6.07, 6.45) is 9.10. The van der Waals surface area contributed by atoms with Crippen LogP contribution in [-0.2, 0) is 6.54 Å². The number of rotatable bonds is 5. The minimum Gasteiger partial charge on any atom is -0.496 e. The number of pyridine rings is 3. The minimum atomic E-state index is -0.0739. The fourth-order valence-electron chi connectivity index (χ4n) is 3.46. The standard InChI is InChI=1S/C24H21N3O2/c1-3-6-18-13-19-14-21(17-8-11-25-12-9-17)24(28)27(22(19)15-23(18)29-2)16-20-7-4-5-10-26-20/h3-15H,16H2,1-2H3/b6-3-. The first kappa shape index (κ1) is 18.6. The Balaban J connectivity index is 2.03. The van der Waals surface area contributed by atoms with Crippen LogP contribution in [0.2, 0.25) is 0 Å². The van der Waals surface area contributed by atoms with Gasteiger partial charge in [0.1, 0.15) is 5.75 Å². The quantitative estimate of drug-likeness (QED) is 0.507. The molecule has 3 aromatic heterocycles. The third-order valence-corrected chi connectivity index (χ3v) is 4.83. The van der Waals surface area contributed by atoms with Gasteiger partial charge < -0.3 is 9.30 Å². The van der Waals surface area contributed by atoms with Gasteiger partial charge in [0.25, 0.3) is 5.56 Å². The SMILES string of the molecule is C/C=C\c1cc2cc(-c3ccncc3)c(=O)n(Cc3ccccn3)c2cc1OC. The Bertz CT molecular complexity index is 1230. The first-order chi connectivity index (χ1) is 14.2. The van der Waals surface area contributed by atoms with E-state index in [9.17, 15) is 4.79 Å². The van der Waals surface area contributed by atoms with E-state index in [0.717, 1.165) is 33.5 Å². The van der Waals surface area contributed by atoms with Gasteiger partial charge in [-0.05, 0) is 54.3 Å². The van der Waals surface area contributed by atoms with Crippen molar-refractivity contribution in [3.05, 3.63) is 94.8 Å². The Morgan fingerprint density at radius 3 is 2.59 bits per heavy atom. The lowest BCUT2D eigenvalue weighted by molar-refractivity contribution is 0.414. The molecular weight excluding hydrogens is 362 g/mol. The number of methoxy groups -OCH3 is 1. The Morgan fingerprint density at radius 1 is 1.07 bits per heavy atom. The molecule has 5 heteroatoms. The Kier molecular flexibility index (Phi) is 5.20. The van der Waals surface area contributed by atoms with E-state index < -0.39 is 0 Å². The summed E-state index contributed by atoms with van der Waals surface area (Å²) >= 11 is 0. The average molecular weight is 383 g/mol. The molecule has 0 saturated heterocycles. The molecule has 0 N–H and O–H groups in total. The monoisotopic (exact) mass is 383 g/mol. The zero-order valence-corrected chi connectivity index (χ0v) is 16.4. The predicted molar refractivity (Wildman–Crippen MR) is 116 cm³/mol. The molecule has 0 radical (unpaired) electrons. The Hall–Kier alpha value is -3.73. The smallest absolute Gasteiger partial charge is 0.259 e. The van der Waals surface area contributed by atoms with Gasteiger partial charge >= 0.3 is 0 Å². The van der Waals surface area contributed by atoms with Gasteiger partial charge in [-0.2, -0.15) is 0 Å². The summed E-state index contributed by atoms with van der Waals surface area (Å²) in [5, 5.41) is 0.959. The van der Waals surface area contributed by atoms with E-state index in [4.69, 9.17) is 4.74 Å². The van der Waals surface area contributed by atoms with Crippen molar-refractivity contribution in [2.75, 3.05) is 7.11 Å². The zero-order valence-electron chi connectivity index (χ0n) is 16.4. The molecule has 0 fully saturated rings. The molecule has 144 valence electrons. The van der Waals surface area contributed by atoms with Crippen molar-refractivity contribution in [3.63, 3.8) is 0 Å². The third kappa shape index (κ3) is 3.67. The van der Waals surface area contributed by atoms with Crippen molar-refractivity contribution in [1.82, 2.24) is 14.5 Å². The average Bonchev–Trinajstić information content (AvgIpc) is 2.77. The molecule has 5 nitrogen and oxygen atoms in total. The summed E-state index contributed by atoms with van der Waals surface area (Å²) in [4.78, 5) is 21.9. The highest BCUT2D eigenvalue weighted by atomic mass is 16.5. The van der Waals surface area contributed by atoms with Crippen molar-refractivity contribution in [2.24, 2.45) is 0 Å². The van der Waals surface area contributed by atoms with Crippen LogP contribution >= 0.6 is 0 Å². The van der Waals surface area contributed by atoms with Gasteiger partial charge in [-0.1, -0.05) is 18.2 Å². The van der Waals surface area contributed by atoms with Crippen molar-refractivity contribution >= 4 is 17.0 Å². The fraction of sp³-hybridized carbons (Fsp3) is 0.125. The normalized spacial score (nSPS) is 11.2. The van der Waals surface area contributed by atoms with E-state index in [2.05, 4.69) is 9.97 Å². The number of benzene rings is 1. The fourth-order valence-corrected chi connectivity index (χ4v) is 3.46. The van der Waals surface area contributed by atoms with Crippen molar-refractivity contribution < 1.29 is 4.74 Å². The number of fused-ring (bicyclic) bond motifs is 1. The number of nitrogens with zero attached hydrogens (tertiary/aromatic N) is 3. The molecule has 0 aliphatic heterocycles. The number of allylic oxidation sites excluding steroid dienone is 1. The second-order valence-electron chi connectivity index (χ2n) is 6.66. The maximum Gasteiger partial charge on any atom is 0.259 e. The van der Waals surface area contributed by atoms with Gasteiger partial charge in [-0.3, -0.25) is 14.8 Å². The molecule has 0 unspecified atom stereocenters. The predicted octanol–water partition coefficient (Wildman–Crippen LogP) is 4.55. The van der Waals surface area contributed by atoms with Crippen LogP contribution in [-0.4, -0.2) is 21.6 Å². The van der Waals surface area contributed by atoms with Crippen LogP contribution in [0.1, 0.15) is 18.2 Å². The molecule has 0 aliphatic rings. The first-order valence-corrected chi connectivity index (χ1v) is 9.40.